The summed E-state index contributed by atoms with van der Waals surface area (Å²) in [5, 5.41) is 4.11. The van der Waals surface area contributed by atoms with E-state index in [4.69, 9.17) is 4.52 Å². The Hall–Kier alpha value is -1.75. The van der Waals surface area contributed by atoms with E-state index in [1.807, 2.05) is 13.0 Å². The fraction of sp³-hybridized carbons (Fsp3) is 0.471. The number of rotatable bonds is 3. The average molecular weight is 306 g/mol. The maximum atomic E-state index is 13.9. The van der Waals surface area contributed by atoms with E-state index in [0.29, 0.717) is 0 Å². The molecule has 0 N–H and O–H groups in total. The van der Waals surface area contributed by atoms with Crippen LogP contribution in [0.1, 0.15) is 48.7 Å². The molecular formula is C17H20F2N2O. The molecule has 1 aromatic heterocycles. The lowest BCUT2D eigenvalue weighted by Crippen LogP contribution is -2.29. The summed E-state index contributed by atoms with van der Waals surface area (Å²) in [7, 11) is 0. The molecule has 1 aliphatic rings. The van der Waals surface area contributed by atoms with E-state index >= 15 is 0 Å². The first-order valence-electron chi connectivity index (χ1n) is 7.75. The molecule has 0 aliphatic carbocycles. The SMILES string of the molecule is Cc1cc([C@H]2CCCCCN2Cc2c(F)cccc2F)no1. The summed E-state index contributed by atoms with van der Waals surface area (Å²) in [6.45, 7) is 2.92. The number of hydrogen-bond donors (Lipinski definition) is 0. The summed E-state index contributed by atoms with van der Waals surface area (Å²) in [5.41, 5.74) is 0.991. The van der Waals surface area contributed by atoms with E-state index in [0.717, 1.165) is 43.7 Å². The number of aryl methyl sites for hydroxylation is 1. The molecule has 3 nitrogen and oxygen atoms in total. The molecule has 0 unspecified atom stereocenters. The van der Waals surface area contributed by atoms with Gasteiger partial charge in [-0.3, -0.25) is 4.90 Å². The number of benzene rings is 1. The molecule has 0 saturated carbocycles. The highest BCUT2D eigenvalue weighted by atomic mass is 19.1. The summed E-state index contributed by atoms with van der Waals surface area (Å²) in [4.78, 5) is 2.12. The van der Waals surface area contributed by atoms with Crippen LogP contribution in [0.2, 0.25) is 0 Å². The number of nitrogens with zero attached hydrogens (tertiary/aromatic N) is 2. The van der Waals surface area contributed by atoms with E-state index in [9.17, 15) is 8.78 Å². The van der Waals surface area contributed by atoms with Crippen LogP contribution >= 0.6 is 0 Å². The molecule has 3 rings (SSSR count). The van der Waals surface area contributed by atoms with Crippen molar-refractivity contribution in [3.05, 3.63) is 52.9 Å². The molecule has 5 heteroatoms. The second-order valence-electron chi connectivity index (χ2n) is 5.90. The van der Waals surface area contributed by atoms with Crippen LogP contribution in [0.5, 0.6) is 0 Å². The molecule has 1 fully saturated rings. The fourth-order valence-electron chi connectivity index (χ4n) is 3.12. The normalized spacial score (nSPS) is 20.0. The third-order valence-electron chi connectivity index (χ3n) is 4.27. The Bertz CT molecular complexity index is 621. The fourth-order valence-corrected chi connectivity index (χ4v) is 3.12. The van der Waals surface area contributed by atoms with Crippen LogP contribution in [0.25, 0.3) is 0 Å². The molecular weight excluding hydrogens is 286 g/mol. The zero-order valence-electron chi connectivity index (χ0n) is 12.7. The predicted molar refractivity (Wildman–Crippen MR) is 79.2 cm³/mol. The number of hydrogen-bond acceptors (Lipinski definition) is 3. The highest BCUT2D eigenvalue weighted by Gasteiger charge is 2.26. The molecule has 0 bridgehead atoms. The van der Waals surface area contributed by atoms with Crippen molar-refractivity contribution in [2.45, 2.75) is 45.2 Å². The average Bonchev–Trinajstić information content (AvgIpc) is 2.79. The quantitative estimate of drug-likeness (QED) is 0.843. The van der Waals surface area contributed by atoms with Crippen LogP contribution in [0, 0.1) is 18.6 Å². The smallest absolute Gasteiger partial charge is 0.133 e. The van der Waals surface area contributed by atoms with Crippen molar-refractivity contribution in [2.24, 2.45) is 0 Å². The van der Waals surface area contributed by atoms with Gasteiger partial charge in [-0.1, -0.05) is 24.1 Å². The van der Waals surface area contributed by atoms with Crippen molar-refractivity contribution < 1.29 is 13.3 Å². The third-order valence-corrected chi connectivity index (χ3v) is 4.27. The van der Waals surface area contributed by atoms with Crippen molar-refractivity contribution in [1.82, 2.24) is 10.1 Å². The molecule has 1 aromatic carbocycles. The zero-order chi connectivity index (χ0) is 15.5. The van der Waals surface area contributed by atoms with Gasteiger partial charge in [0.2, 0.25) is 0 Å². The van der Waals surface area contributed by atoms with Crippen molar-refractivity contribution in [3.8, 4) is 0 Å². The minimum atomic E-state index is -0.487. The summed E-state index contributed by atoms with van der Waals surface area (Å²) in [6, 6.07) is 5.99. The van der Waals surface area contributed by atoms with Gasteiger partial charge in [0.1, 0.15) is 23.1 Å². The zero-order valence-corrected chi connectivity index (χ0v) is 12.7. The van der Waals surface area contributed by atoms with E-state index in [2.05, 4.69) is 10.1 Å². The molecule has 22 heavy (non-hydrogen) atoms. The van der Waals surface area contributed by atoms with Gasteiger partial charge < -0.3 is 4.52 Å². The topological polar surface area (TPSA) is 29.3 Å². The van der Waals surface area contributed by atoms with Gasteiger partial charge in [0, 0.05) is 18.2 Å². The Kier molecular flexibility index (Phi) is 4.52. The van der Waals surface area contributed by atoms with Crippen LogP contribution in [0.3, 0.4) is 0 Å². The highest BCUT2D eigenvalue weighted by molar-refractivity contribution is 5.20. The monoisotopic (exact) mass is 306 g/mol. The summed E-state index contributed by atoms with van der Waals surface area (Å²) in [5.74, 6) is -0.213. The molecule has 1 saturated heterocycles. The number of halogens is 2. The van der Waals surface area contributed by atoms with Gasteiger partial charge in [0.15, 0.2) is 0 Å². The lowest BCUT2D eigenvalue weighted by atomic mass is 10.1. The van der Waals surface area contributed by atoms with Crippen molar-refractivity contribution in [2.75, 3.05) is 6.54 Å². The van der Waals surface area contributed by atoms with Crippen LogP contribution in [-0.4, -0.2) is 16.6 Å². The summed E-state index contributed by atoms with van der Waals surface area (Å²) >= 11 is 0. The van der Waals surface area contributed by atoms with Crippen molar-refractivity contribution >= 4 is 0 Å². The standard InChI is InChI=1S/C17H20F2N2O/c1-12-10-16(20-22-12)17-8-3-2-4-9-21(17)11-13-14(18)6-5-7-15(13)19/h5-7,10,17H,2-4,8-9,11H2,1H3/t17-/m1/s1. The largest absolute Gasteiger partial charge is 0.361 e. The van der Waals surface area contributed by atoms with E-state index in [-0.39, 0.29) is 18.2 Å². The van der Waals surface area contributed by atoms with Crippen molar-refractivity contribution in [3.63, 3.8) is 0 Å². The van der Waals surface area contributed by atoms with E-state index < -0.39 is 11.6 Å². The second kappa shape index (κ2) is 6.57. The maximum absolute atomic E-state index is 13.9. The van der Waals surface area contributed by atoms with E-state index in [1.54, 1.807) is 0 Å². The van der Waals surface area contributed by atoms with Gasteiger partial charge >= 0.3 is 0 Å². The van der Waals surface area contributed by atoms with E-state index in [1.165, 1.54) is 18.2 Å². The molecule has 2 aromatic rings. The molecule has 118 valence electrons. The Balaban J connectivity index is 1.87. The van der Waals surface area contributed by atoms with Crippen molar-refractivity contribution in [1.29, 1.82) is 0 Å². The first-order valence-corrected chi connectivity index (χ1v) is 7.75. The van der Waals surface area contributed by atoms with Gasteiger partial charge in [-0.2, -0.15) is 0 Å². The lowest BCUT2D eigenvalue weighted by Gasteiger charge is -2.28. The molecule has 1 atom stereocenters. The highest BCUT2D eigenvalue weighted by Crippen LogP contribution is 2.31. The lowest BCUT2D eigenvalue weighted by molar-refractivity contribution is 0.179. The predicted octanol–water partition coefficient (Wildman–Crippen LogP) is 4.38. The molecule has 2 heterocycles. The Labute approximate surface area is 128 Å². The maximum Gasteiger partial charge on any atom is 0.133 e. The first kappa shape index (κ1) is 15.2. The molecule has 0 amide bonds. The summed E-state index contributed by atoms with van der Waals surface area (Å²) < 4.78 is 33.1. The first-order chi connectivity index (χ1) is 10.6. The third kappa shape index (κ3) is 3.19. The number of likely N-dealkylation sites (tertiary alicyclic amines) is 1. The molecule has 1 aliphatic heterocycles. The molecule has 0 radical (unpaired) electrons. The van der Waals surface area contributed by atoms with Gasteiger partial charge in [-0.25, -0.2) is 8.78 Å². The Morgan fingerprint density at radius 3 is 2.68 bits per heavy atom. The van der Waals surface area contributed by atoms with Crippen LogP contribution in [0.15, 0.2) is 28.8 Å². The van der Waals surface area contributed by atoms with Crippen LogP contribution < -0.4 is 0 Å². The Morgan fingerprint density at radius 1 is 1.23 bits per heavy atom. The van der Waals surface area contributed by atoms with Crippen LogP contribution in [0.4, 0.5) is 8.78 Å². The second-order valence-corrected chi connectivity index (χ2v) is 5.90. The van der Waals surface area contributed by atoms with Gasteiger partial charge in [-0.05, 0) is 38.4 Å². The number of aromatic nitrogens is 1. The summed E-state index contributed by atoms with van der Waals surface area (Å²) in [6.07, 6.45) is 4.18. The van der Waals surface area contributed by atoms with Crippen LogP contribution in [-0.2, 0) is 6.54 Å². The minimum Gasteiger partial charge on any atom is -0.361 e. The Morgan fingerprint density at radius 2 is 2.00 bits per heavy atom. The van der Waals surface area contributed by atoms with Gasteiger partial charge in [0.05, 0.1) is 6.04 Å². The van der Waals surface area contributed by atoms with Gasteiger partial charge in [-0.15, -0.1) is 0 Å². The van der Waals surface area contributed by atoms with Gasteiger partial charge in [0.25, 0.3) is 0 Å². The minimum absolute atomic E-state index is 0.0546. The molecule has 0 spiro atoms.